The molecule has 1 aliphatic carbocycles. The fourth-order valence-electron chi connectivity index (χ4n) is 2.55. The second kappa shape index (κ2) is 4.04. The molecule has 1 saturated heterocycles. The van der Waals surface area contributed by atoms with Crippen LogP contribution >= 0.6 is 0 Å². The standard InChI is InChI=1S/C12H17NO/c1-2-3-8-13-9-10-6-4-5-7-11(10)12(13)14/h10-11H,2,4-7,9H2,1H3. The van der Waals surface area contributed by atoms with Crippen LogP contribution in [0.25, 0.3) is 0 Å². The van der Waals surface area contributed by atoms with Gasteiger partial charge in [0.15, 0.2) is 0 Å². The fraction of sp³-hybridized carbons (Fsp3) is 0.750. The summed E-state index contributed by atoms with van der Waals surface area (Å²) in [5, 5.41) is 0. The molecular weight excluding hydrogens is 174 g/mol. The van der Waals surface area contributed by atoms with E-state index in [4.69, 9.17) is 0 Å². The molecule has 0 aromatic rings. The molecule has 14 heavy (non-hydrogen) atoms. The molecule has 1 aliphatic heterocycles. The summed E-state index contributed by atoms with van der Waals surface area (Å²) in [5.41, 5.74) is 0. The second-order valence-corrected chi connectivity index (χ2v) is 4.24. The first-order chi connectivity index (χ1) is 6.83. The third kappa shape index (κ3) is 1.64. The quantitative estimate of drug-likeness (QED) is 0.536. The minimum Gasteiger partial charge on any atom is -0.274 e. The third-order valence-corrected chi connectivity index (χ3v) is 3.30. The predicted molar refractivity (Wildman–Crippen MR) is 55.2 cm³/mol. The van der Waals surface area contributed by atoms with Crippen molar-refractivity contribution in [3.8, 4) is 12.0 Å². The highest BCUT2D eigenvalue weighted by atomic mass is 16.2. The van der Waals surface area contributed by atoms with E-state index in [1.165, 1.54) is 19.3 Å². The Bertz CT molecular complexity index is 286. The van der Waals surface area contributed by atoms with Crippen LogP contribution in [0.1, 0.15) is 39.0 Å². The molecule has 1 heterocycles. The second-order valence-electron chi connectivity index (χ2n) is 4.24. The molecule has 2 nitrogen and oxygen atoms in total. The van der Waals surface area contributed by atoms with Gasteiger partial charge < -0.3 is 0 Å². The van der Waals surface area contributed by atoms with Crippen LogP contribution < -0.4 is 0 Å². The predicted octanol–water partition coefficient (Wildman–Crippen LogP) is 2.01. The van der Waals surface area contributed by atoms with Crippen LogP contribution in [0.3, 0.4) is 0 Å². The number of carbonyl (C=O) groups is 1. The lowest BCUT2D eigenvalue weighted by atomic mass is 9.81. The molecule has 0 spiro atoms. The number of rotatable bonds is 0. The first kappa shape index (κ1) is 9.58. The van der Waals surface area contributed by atoms with Crippen molar-refractivity contribution in [3.63, 3.8) is 0 Å². The van der Waals surface area contributed by atoms with Crippen LogP contribution in [-0.2, 0) is 4.79 Å². The average molecular weight is 191 g/mol. The van der Waals surface area contributed by atoms with E-state index in [0.717, 1.165) is 19.4 Å². The van der Waals surface area contributed by atoms with E-state index in [1.807, 2.05) is 6.92 Å². The summed E-state index contributed by atoms with van der Waals surface area (Å²) < 4.78 is 0. The van der Waals surface area contributed by atoms with Crippen molar-refractivity contribution < 1.29 is 4.79 Å². The van der Waals surface area contributed by atoms with Crippen molar-refractivity contribution in [2.45, 2.75) is 39.0 Å². The summed E-state index contributed by atoms with van der Waals surface area (Å²) in [6, 6.07) is 2.97. The molecule has 1 saturated carbocycles. The number of hydrogen-bond acceptors (Lipinski definition) is 1. The number of carbonyl (C=O) groups excluding carboxylic acids is 1. The molecule has 2 unspecified atom stereocenters. The molecule has 0 bridgehead atoms. The van der Waals surface area contributed by atoms with Crippen molar-refractivity contribution >= 4 is 5.91 Å². The highest BCUT2D eigenvalue weighted by Gasteiger charge is 2.40. The van der Waals surface area contributed by atoms with Gasteiger partial charge in [-0.25, -0.2) is 0 Å². The van der Waals surface area contributed by atoms with Crippen molar-refractivity contribution in [1.29, 1.82) is 0 Å². The lowest BCUT2D eigenvalue weighted by molar-refractivity contribution is -0.129. The maximum absolute atomic E-state index is 11.9. The number of hydrogen-bond donors (Lipinski definition) is 0. The van der Waals surface area contributed by atoms with Crippen molar-refractivity contribution in [2.24, 2.45) is 11.8 Å². The van der Waals surface area contributed by atoms with Crippen molar-refractivity contribution in [1.82, 2.24) is 4.90 Å². The number of nitrogens with zero attached hydrogens (tertiary/aromatic N) is 1. The normalized spacial score (nSPS) is 30.9. The molecule has 2 rings (SSSR count). The van der Waals surface area contributed by atoms with Crippen LogP contribution in [0.2, 0.25) is 0 Å². The van der Waals surface area contributed by atoms with Crippen LogP contribution in [0.15, 0.2) is 0 Å². The highest BCUT2D eigenvalue weighted by Crippen LogP contribution is 2.36. The SMILES string of the molecule is CCC#CN1CC2CCCCC2C1=O. The smallest absolute Gasteiger partial charge is 0.237 e. The molecule has 2 atom stereocenters. The fourth-order valence-corrected chi connectivity index (χ4v) is 2.55. The van der Waals surface area contributed by atoms with Crippen LogP contribution in [0, 0.1) is 23.8 Å². The largest absolute Gasteiger partial charge is 0.274 e. The Morgan fingerprint density at radius 2 is 2.21 bits per heavy atom. The summed E-state index contributed by atoms with van der Waals surface area (Å²) in [7, 11) is 0. The van der Waals surface area contributed by atoms with E-state index < -0.39 is 0 Å². The van der Waals surface area contributed by atoms with Gasteiger partial charge in [0.1, 0.15) is 0 Å². The zero-order chi connectivity index (χ0) is 9.97. The Morgan fingerprint density at radius 1 is 1.43 bits per heavy atom. The molecule has 0 aromatic carbocycles. The maximum atomic E-state index is 11.9. The molecular formula is C12H17NO. The molecule has 2 heteroatoms. The summed E-state index contributed by atoms with van der Waals surface area (Å²) in [6.07, 6.45) is 5.67. The zero-order valence-corrected chi connectivity index (χ0v) is 8.75. The molecule has 0 aromatic heterocycles. The first-order valence-electron chi connectivity index (χ1n) is 5.62. The van der Waals surface area contributed by atoms with Gasteiger partial charge in [-0.2, -0.15) is 0 Å². The van der Waals surface area contributed by atoms with Gasteiger partial charge >= 0.3 is 0 Å². The average Bonchev–Trinajstić information content (AvgIpc) is 2.54. The minimum atomic E-state index is 0.288. The van der Waals surface area contributed by atoms with E-state index in [9.17, 15) is 4.79 Å². The van der Waals surface area contributed by atoms with Crippen LogP contribution in [0.5, 0.6) is 0 Å². The van der Waals surface area contributed by atoms with Gasteiger partial charge in [0.2, 0.25) is 5.91 Å². The van der Waals surface area contributed by atoms with Gasteiger partial charge in [-0.1, -0.05) is 25.7 Å². The van der Waals surface area contributed by atoms with Crippen LogP contribution in [-0.4, -0.2) is 17.4 Å². The Kier molecular flexibility index (Phi) is 2.77. The summed E-state index contributed by atoms with van der Waals surface area (Å²) >= 11 is 0. The van der Waals surface area contributed by atoms with Crippen LogP contribution in [0.4, 0.5) is 0 Å². The van der Waals surface area contributed by atoms with Gasteiger partial charge in [-0.3, -0.25) is 9.69 Å². The number of fused-ring (bicyclic) bond motifs is 1. The van der Waals surface area contributed by atoms with E-state index >= 15 is 0 Å². The molecule has 76 valence electrons. The van der Waals surface area contributed by atoms with E-state index in [-0.39, 0.29) is 5.91 Å². The molecule has 2 fully saturated rings. The summed E-state index contributed by atoms with van der Waals surface area (Å²) in [4.78, 5) is 13.6. The van der Waals surface area contributed by atoms with Gasteiger partial charge in [0, 0.05) is 24.9 Å². The van der Waals surface area contributed by atoms with Gasteiger partial charge in [-0.15, -0.1) is 0 Å². The van der Waals surface area contributed by atoms with E-state index in [1.54, 1.807) is 4.90 Å². The summed E-state index contributed by atoms with van der Waals surface area (Å²) in [6.45, 7) is 2.90. The maximum Gasteiger partial charge on any atom is 0.237 e. The molecule has 0 radical (unpaired) electrons. The Hall–Kier alpha value is -0.970. The zero-order valence-electron chi connectivity index (χ0n) is 8.75. The topological polar surface area (TPSA) is 20.3 Å². The number of amides is 1. The van der Waals surface area contributed by atoms with Crippen molar-refractivity contribution in [3.05, 3.63) is 0 Å². The van der Waals surface area contributed by atoms with Gasteiger partial charge in [-0.05, 0) is 18.8 Å². The van der Waals surface area contributed by atoms with Gasteiger partial charge in [0.05, 0.1) is 0 Å². The first-order valence-corrected chi connectivity index (χ1v) is 5.62. The Morgan fingerprint density at radius 3 is 2.93 bits per heavy atom. The number of likely N-dealkylation sites (tertiary alicyclic amines) is 1. The minimum absolute atomic E-state index is 0.288. The van der Waals surface area contributed by atoms with Crippen molar-refractivity contribution in [2.75, 3.05) is 6.54 Å². The lowest BCUT2D eigenvalue weighted by Crippen LogP contribution is -2.23. The highest BCUT2D eigenvalue weighted by molar-refractivity contribution is 5.83. The molecule has 1 amide bonds. The molecule has 2 aliphatic rings. The third-order valence-electron chi connectivity index (χ3n) is 3.30. The van der Waals surface area contributed by atoms with E-state index in [0.29, 0.717) is 11.8 Å². The Labute approximate surface area is 85.7 Å². The molecule has 0 N–H and O–H groups in total. The van der Waals surface area contributed by atoms with E-state index in [2.05, 4.69) is 12.0 Å². The Balaban J connectivity index is 2.06. The lowest BCUT2D eigenvalue weighted by Gasteiger charge is -2.21. The van der Waals surface area contributed by atoms with Gasteiger partial charge in [0.25, 0.3) is 0 Å². The monoisotopic (exact) mass is 191 g/mol. The summed E-state index contributed by atoms with van der Waals surface area (Å²) in [5.74, 6) is 4.17.